The van der Waals surface area contributed by atoms with Crippen molar-refractivity contribution in [2.45, 2.75) is 51.6 Å². The number of aliphatic hydroxyl groups is 1. The average Bonchev–Trinajstić information content (AvgIpc) is 2.94. The van der Waals surface area contributed by atoms with Crippen LogP contribution in [0.25, 0.3) is 11.4 Å². The fourth-order valence-corrected chi connectivity index (χ4v) is 2.84. The van der Waals surface area contributed by atoms with Crippen LogP contribution in [0.15, 0.2) is 33.6 Å². The van der Waals surface area contributed by atoms with E-state index in [1.165, 1.54) is 0 Å². The third-order valence-corrected chi connectivity index (χ3v) is 3.78. The number of benzene rings is 1. The lowest BCUT2D eigenvalue weighted by molar-refractivity contribution is -0.121. The highest BCUT2D eigenvalue weighted by Gasteiger charge is 2.28. The van der Waals surface area contributed by atoms with Gasteiger partial charge in [-0.3, -0.25) is 14.3 Å². The molecule has 1 aromatic carbocycles. The van der Waals surface area contributed by atoms with E-state index in [4.69, 9.17) is 0 Å². The first kappa shape index (κ1) is 17.9. The SMILES string of the molecule is CCCC(O)(CCC)CC(=O)Nc1cccc(-c2noc(=O)[nH]2)c1. The number of aromatic nitrogens is 2. The van der Waals surface area contributed by atoms with E-state index in [1.807, 2.05) is 13.8 Å². The first-order valence-corrected chi connectivity index (χ1v) is 8.14. The van der Waals surface area contributed by atoms with Crippen molar-refractivity contribution in [1.29, 1.82) is 0 Å². The van der Waals surface area contributed by atoms with Gasteiger partial charge in [-0.25, -0.2) is 4.79 Å². The van der Waals surface area contributed by atoms with Crippen molar-refractivity contribution in [3.8, 4) is 11.4 Å². The number of hydrogen-bond donors (Lipinski definition) is 3. The molecule has 0 bridgehead atoms. The summed E-state index contributed by atoms with van der Waals surface area (Å²) in [4.78, 5) is 25.7. The zero-order valence-electron chi connectivity index (χ0n) is 14.0. The minimum atomic E-state index is -0.970. The molecule has 2 rings (SSSR count). The van der Waals surface area contributed by atoms with Crippen molar-refractivity contribution in [2.24, 2.45) is 0 Å². The molecule has 2 aromatic rings. The maximum Gasteiger partial charge on any atom is 0.439 e. The number of hydrogen-bond acceptors (Lipinski definition) is 5. The Bertz CT molecular complexity index is 729. The molecule has 0 aliphatic heterocycles. The lowest BCUT2D eigenvalue weighted by Gasteiger charge is -2.26. The van der Waals surface area contributed by atoms with E-state index in [2.05, 4.69) is 20.0 Å². The first-order chi connectivity index (χ1) is 11.5. The monoisotopic (exact) mass is 333 g/mol. The number of amides is 1. The smallest absolute Gasteiger partial charge is 0.389 e. The summed E-state index contributed by atoms with van der Waals surface area (Å²) in [7, 11) is 0. The van der Waals surface area contributed by atoms with Crippen LogP contribution in [-0.2, 0) is 4.79 Å². The largest absolute Gasteiger partial charge is 0.439 e. The molecule has 0 saturated heterocycles. The predicted molar refractivity (Wildman–Crippen MR) is 90.6 cm³/mol. The van der Waals surface area contributed by atoms with Gasteiger partial charge in [0.15, 0.2) is 5.82 Å². The van der Waals surface area contributed by atoms with Crippen molar-refractivity contribution >= 4 is 11.6 Å². The maximum absolute atomic E-state index is 12.3. The molecule has 7 nitrogen and oxygen atoms in total. The number of aromatic amines is 1. The van der Waals surface area contributed by atoms with Crippen LogP contribution < -0.4 is 11.1 Å². The Morgan fingerprint density at radius 3 is 2.62 bits per heavy atom. The van der Waals surface area contributed by atoms with Crippen LogP contribution in [0, 0.1) is 0 Å². The van der Waals surface area contributed by atoms with Gasteiger partial charge in [0.25, 0.3) is 0 Å². The molecule has 130 valence electrons. The van der Waals surface area contributed by atoms with E-state index >= 15 is 0 Å². The van der Waals surface area contributed by atoms with E-state index in [9.17, 15) is 14.7 Å². The zero-order chi connectivity index (χ0) is 17.6. The first-order valence-electron chi connectivity index (χ1n) is 8.14. The molecule has 0 spiro atoms. The van der Waals surface area contributed by atoms with Crippen LogP contribution in [0.5, 0.6) is 0 Å². The molecule has 7 heteroatoms. The molecule has 24 heavy (non-hydrogen) atoms. The fraction of sp³-hybridized carbons (Fsp3) is 0.471. The number of anilines is 1. The van der Waals surface area contributed by atoms with E-state index in [1.54, 1.807) is 24.3 Å². The van der Waals surface area contributed by atoms with Gasteiger partial charge in [-0.1, -0.05) is 44.0 Å². The van der Waals surface area contributed by atoms with Gasteiger partial charge in [0.2, 0.25) is 5.91 Å². The second-order valence-corrected chi connectivity index (χ2v) is 5.97. The number of carbonyl (C=O) groups is 1. The summed E-state index contributed by atoms with van der Waals surface area (Å²) < 4.78 is 4.48. The Morgan fingerprint density at radius 1 is 1.33 bits per heavy atom. The Balaban J connectivity index is 2.07. The molecule has 1 aromatic heterocycles. The average molecular weight is 333 g/mol. The quantitative estimate of drug-likeness (QED) is 0.688. The standard InChI is InChI=1S/C17H23N3O4/c1-3-8-17(23,9-4-2)11-14(21)18-13-7-5-6-12(10-13)15-19-16(22)24-20-15/h5-7,10,23H,3-4,8-9,11H2,1-2H3,(H,18,21)(H,19,20,22). The van der Waals surface area contributed by atoms with Gasteiger partial charge in [0.05, 0.1) is 12.0 Å². The maximum atomic E-state index is 12.3. The van der Waals surface area contributed by atoms with Crippen LogP contribution in [0.3, 0.4) is 0 Å². The summed E-state index contributed by atoms with van der Waals surface area (Å²) in [5, 5.41) is 17.0. The summed E-state index contributed by atoms with van der Waals surface area (Å²) in [5.74, 6) is -0.585. The normalized spacial score (nSPS) is 11.5. The van der Waals surface area contributed by atoms with Crippen LogP contribution in [0.1, 0.15) is 46.0 Å². The van der Waals surface area contributed by atoms with Crippen LogP contribution in [0.4, 0.5) is 5.69 Å². The minimum absolute atomic E-state index is 0.0553. The van der Waals surface area contributed by atoms with E-state index in [0.717, 1.165) is 12.8 Å². The van der Waals surface area contributed by atoms with Crippen LogP contribution >= 0.6 is 0 Å². The van der Waals surface area contributed by atoms with Crippen molar-refractivity contribution in [2.75, 3.05) is 5.32 Å². The molecule has 3 N–H and O–H groups in total. The van der Waals surface area contributed by atoms with Crippen molar-refractivity contribution in [1.82, 2.24) is 10.1 Å². The van der Waals surface area contributed by atoms with Crippen molar-refractivity contribution in [3.63, 3.8) is 0 Å². The number of nitrogens with zero attached hydrogens (tertiary/aromatic N) is 1. The second-order valence-electron chi connectivity index (χ2n) is 5.97. The number of rotatable bonds is 8. The highest BCUT2D eigenvalue weighted by molar-refractivity contribution is 5.92. The third kappa shape index (κ3) is 4.79. The minimum Gasteiger partial charge on any atom is -0.389 e. The topological polar surface area (TPSA) is 108 Å². The third-order valence-electron chi connectivity index (χ3n) is 3.78. The van der Waals surface area contributed by atoms with Gasteiger partial charge in [-0.2, -0.15) is 0 Å². The second kappa shape index (κ2) is 7.92. The molecule has 0 radical (unpaired) electrons. The van der Waals surface area contributed by atoms with Crippen LogP contribution in [0.2, 0.25) is 0 Å². The summed E-state index contributed by atoms with van der Waals surface area (Å²) in [6.07, 6.45) is 2.88. The molecule has 0 atom stereocenters. The van der Waals surface area contributed by atoms with Gasteiger partial charge in [-0.15, -0.1) is 0 Å². The number of carbonyl (C=O) groups excluding carboxylic acids is 1. The van der Waals surface area contributed by atoms with Gasteiger partial charge < -0.3 is 10.4 Å². The highest BCUT2D eigenvalue weighted by atomic mass is 16.5. The Hall–Kier alpha value is -2.41. The Kier molecular flexibility index (Phi) is 5.92. The predicted octanol–water partition coefficient (Wildman–Crippen LogP) is 2.69. The molecule has 1 amide bonds. The Morgan fingerprint density at radius 2 is 2.04 bits per heavy atom. The molecular weight excluding hydrogens is 310 g/mol. The molecule has 0 aliphatic rings. The van der Waals surface area contributed by atoms with Gasteiger partial charge in [-0.05, 0) is 25.0 Å². The van der Waals surface area contributed by atoms with Crippen molar-refractivity contribution in [3.05, 3.63) is 34.8 Å². The van der Waals surface area contributed by atoms with E-state index in [0.29, 0.717) is 29.9 Å². The van der Waals surface area contributed by atoms with Gasteiger partial charge in [0, 0.05) is 11.3 Å². The van der Waals surface area contributed by atoms with E-state index in [-0.39, 0.29) is 12.3 Å². The van der Waals surface area contributed by atoms with Crippen molar-refractivity contribution < 1.29 is 14.4 Å². The Labute approximate surface area is 140 Å². The fourth-order valence-electron chi connectivity index (χ4n) is 2.84. The molecular formula is C17H23N3O4. The lowest BCUT2D eigenvalue weighted by Crippen LogP contribution is -2.33. The number of nitrogens with one attached hydrogen (secondary N) is 2. The summed E-state index contributed by atoms with van der Waals surface area (Å²) >= 11 is 0. The van der Waals surface area contributed by atoms with E-state index < -0.39 is 11.4 Å². The molecule has 1 heterocycles. The van der Waals surface area contributed by atoms with Crippen LogP contribution in [-0.4, -0.2) is 26.8 Å². The highest BCUT2D eigenvalue weighted by Crippen LogP contribution is 2.25. The summed E-state index contributed by atoms with van der Waals surface area (Å²) in [6.45, 7) is 3.97. The van der Waals surface area contributed by atoms with Gasteiger partial charge >= 0.3 is 5.76 Å². The molecule has 0 fully saturated rings. The summed E-state index contributed by atoms with van der Waals surface area (Å²) in [5.41, 5.74) is 0.218. The summed E-state index contributed by atoms with van der Waals surface area (Å²) in [6, 6.07) is 6.90. The molecule has 0 aliphatic carbocycles. The lowest BCUT2D eigenvalue weighted by atomic mass is 9.89. The van der Waals surface area contributed by atoms with Gasteiger partial charge in [0.1, 0.15) is 0 Å². The number of H-pyrrole nitrogens is 1. The molecule has 0 unspecified atom stereocenters. The zero-order valence-corrected chi connectivity index (χ0v) is 14.0. The molecule has 0 saturated carbocycles.